The largest absolute Gasteiger partial charge is 0.497 e. The van der Waals surface area contributed by atoms with Gasteiger partial charge in [0.1, 0.15) is 5.75 Å². The second-order valence-electron chi connectivity index (χ2n) is 6.84. The van der Waals surface area contributed by atoms with E-state index in [0.29, 0.717) is 17.9 Å². The van der Waals surface area contributed by atoms with Gasteiger partial charge in [0.15, 0.2) is 5.78 Å². The van der Waals surface area contributed by atoms with Crippen LogP contribution in [0, 0.1) is 0 Å². The molecule has 142 valence electrons. The number of piperidine rings is 1. The third-order valence-electron chi connectivity index (χ3n) is 4.90. The summed E-state index contributed by atoms with van der Waals surface area (Å²) in [6, 6.07) is 17.3. The molecular formula is C22H26N2O3. The van der Waals surface area contributed by atoms with Crippen LogP contribution < -0.4 is 10.1 Å². The van der Waals surface area contributed by atoms with Gasteiger partial charge in [-0.25, -0.2) is 0 Å². The highest BCUT2D eigenvalue weighted by Crippen LogP contribution is 2.18. The fraction of sp³-hybridized carbons (Fsp3) is 0.364. The van der Waals surface area contributed by atoms with Gasteiger partial charge >= 0.3 is 0 Å². The van der Waals surface area contributed by atoms with Crippen LogP contribution in [0.25, 0.3) is 0 Å². The number of rotatable bonds is 7. The van der Waals surface area contributed by atoms with Crippen LogP contribution in [-0.4, -0.2) is 42.8 Å². The maximum Gasteiger partial charge on any atom is 0.223 e. The van der Waals surface area contributed by atoms with Gasteiger partial charge in [-0.05, 0) is 49.2 Å². The van der Waals surface area contributed by atoms with Crippen LogP contribution in [0.1, 0.15) is 36.0 Å². The first-order valence-corrected chi connectivity index (χ1v) is 9.42. The van der Waals surface area contributed by atoms with E-state index in [1.54, 1.807) is 31.4 Å². The molecule has 1 aliphatic heterocycles. The lowest BCUT2D eigenvalue weighted by Gasteiger charge is -2.33. The van der Waals surface area contributed by atoms with Crippen LogP contribution >= 0.6 is 0 Å². The molecule has 1 fully saturated rings. The zero-order valence-electron chi connectivity index (χ0n) is 15.7. The number of methoxy groups -OCH3 is 1. The van der Waals surface area contributed by atoms with Crippen molar-refractivity contribution < 1.29 is 14.3 Å². The molecule has 5 heteroatoms. The van der Waals surface area contributed by atoms with Crippen LogP contribution in [0.4, 0.5) is 5.69 Å². The molecule has 1 aliphatic rings. The van der Waals surface area contributed by atoms with Crippen molar-refractivity contribution in [2.75, 3.05) is 25.5 Å². The first-order chi connectivity index (χ1) is 13.2. The summed E-state index contributed by atoms with van der Waals surface area (Å²) in [5, 5.41) is 3.49. The van der Waals surface area contributed by atoms with E-state index < -0.39 is 0 Å². The summed E-state index contributed by atoms with van der Waals surface area (Å²) in [7, 11) is 1.59. The highest BCUT2D eigenvalue weighted by Gasteiger charge is 2.24. The molecule has 1 N–H and O–H groups in total. The van der Waals surface area contributed by atoms with E-state index in [9.17, 15) is 9.59 Å². The number of nitrogens with one attached hydrogen (secondary N) is 1. The minimum Gasteiger partial charge on any atom is -0.497 e. The molecule has 5 nitrogen and oxygen atoms in total. The fourth-order valence-corrected chi connectivity index (χ4v) is 3.39. The Labute approximate surface area is 160 Å². The molecule has 0 bridgehead atoms. The quantitative estimate of drug-likeness (QED) is 0.758. The molecule has 3 rings (SSSR count). The van der Waals surface area contributed by atoms with Crippen molar-refractivity contribution in [2.24, 2.45) is 0 Å². The number of carbonyl (C=O) groups is 2. The van der Waals surface area contributed by atoms with Crippen molar-refractivity contribution in [3.8, 4) is 5.75 Å². The third kappa shape index (κ3) is 5.33. The molecule has 0 aromatic heterocycles. The summed E-state index contributed by atoms with van der Waals surface area (Å²) >= 11 is 0. The van der Waals surface area contributed by atoms with Crippen molar-refractivity contribution >= 4 is 17.4 Å². The summed E-state index contributed by atoms with van der Waals surface area (Å²) < 4.78 is 5.10. The number of hydrogen-bond acceptors (Lipinski definition) is 4. The number of para-hydroxylation sites is 1. The molecule has 0 spiro atoms. The van der Waals surface area contributed by atoms with E-state index in [4.69, 9.17) is 4.74 Å². The average molecular weight is 366 g/mol. The number of ether oxygens (including phenoxy) is 1. The van der Waals surface area contributed by atoms with Crippen molar-refractivity contribution in [3.05, 3.63) is 60.2 Å². The van der Waals surface area contributed by atoms with Crippen molar-refractivity contribution in [1.82, 2.24) is 4.90 Å². The highest BCUT2D eigenvalue weighted by atomic mass is 16.5. The zero-order valence-corrected chi connectivity index (χ0v) is 15.7. The number of hydrogen-bond donors (Lipinski definition) is 1. The number of nitrogens with zero attached hydrogens (tertiary/aromatic N) is 1. The molecule has 1 heterocycles. The topological polar surface area (TPSA) is 58.6 Å². The van der Waals surface area contributed by atoms with Crippen LogP contribution in [-0.2, 0) is 4.79 Å². The molecule has 2 aromatic carbocycles. The highest BCUT2D eigenvalue weighted by molar-refractivity contribution is 5.98. The van der Waals surface area contributed by atoms with Gasteiger partial charge in [-0.2, -0.15) is 0 Å². The number of carbonyl (C=O) groups excluding carboxylic acids is 2. The van der Waals surface area contributed by atoms with Gasteiger partial charge in [0.05, 0.1) is 7.11 Å². The Morgan fingerprint density at radius 2 is 1.81 bits per heavy atom. The molecule has 1 amide bonds. The maximum atomic E-state index is 12.6. The number of amides is 1. The van der Waals surface area contributed by atoms with Crippen LogP contribution in [0.5, 0.6) is 5.75 Å². The predicted octanol–water partition coefficient (Wildman–Crippen LogP) is 3.76. The number of likely N-dealkylation sites (tertiary alicyclic amines) is 1. The number of benzene rings is 2. The van der Waals surface area contributed by atoms with Crippen LogP contribution in [0.15, 0.2) is 54.6 Å². The Balaban J connectivity index is 1.48. The Hall–Kier alpha value is -2.82. The minimum atomic E-state index is -0.0121. The summed E-state index contributed by atoms with van der Waals surface area (Å²) in [4.78, 5) is 26.8. The summed E-state index contributed by atoms with van der Waals surface area (Å²) in [6.07, 6.45) is 2.51. The van der Waals surface area contributed by atoms with Gasteiger partial charge in [0.25, 0.3) is 0 Å². The molecule has 0 aliphatic carbocycles. The molecule has 2 aromatic rings. The Morgan fingerprint density at radius 1 is 1.07 bits per heavy atom. The molecule has 1 atom stereocenters. The summed E-state index contributed by atoms with van der Waals surface area (Å²) in [6.45, 7) is 1.45. The maximum absolute atomic E-state index is 12.6. The van der Waals surface area contributed by atoms with Crippen molar-refractivity contribution in [3.63, 3.8) is 0 Å². The van der Waals surface area contributed by atoms with E-state index in [2.05, 4.69) is 5.32 Å². The van der Waals surface area contributed by atoms with Crippen LogP contribution in [0.2, 0.25) is 0 Å². The third-order valence-corrected chi connectivity index (χ3v) is 4.90. The Bertz CT molecular complexity index is 759. The van der Waals surface area contributed by atoms with Gasteiger partial charge in [-0.1, -0.05) is 18.2 Å². The minimum absolute atomic E-state index is 0.0121. The lowest BCUT2D eigenvalue weighted by Crippen LogP contribution is -2.45. The lowest BCUT2D eigenvalue weighted by atomic mass is 10.0. The second kappa shape index (κ2) is 9.21. The Kier molecular flexibility index (Phi) is 6.47. The SMILES string of the molecule is COc1ccc(C(=O)CCC(=O)N2CCC[C@H](Nc3ccccc3)C2)cc1. The van der Waals surface area contributed by atoms with Crippen LogP contribution in [0.3, 0.4) is 0 Å². The number of anilines is 1. The lowest BCUT2D eigenvalue weighted by molar-refractivity contribution is -0.132. The predicted molar refractivity (Wildman–Crippen MR) is 106 cm³/mol. The molecule has 0 radical (unpaired) electrons. The first-order valence-electron chi connectivity index (χ1n) is 9.42. The van der Waals surface area contributed by atoms with Crippen molar-refractivity contribution in [2.45, 2.75) is 31.7 Å². The molecule has 0 unspecified atom stereocenters. The molecule has 27 heavy (non-hydrogen) atoms. The number of ketones is 1. The van der Waals surface area contributed by atoms with Gasteiger partial charge in [-0.15, -0.1) is 0 Å². The fourth-order valence-electron chi connectivity index (χ4n) is 3.39. The van der Waals surface area contributed by atoms with Crippen molar-refractivity contribution in [1.29, 1.82) is 0 Å². The molecule has 0 saturated carbocycles. The monoisotopic (exact) mass is 366 g/mol. The Morgan fingerprint density at radius 3 is 2.52 bits per heavy atom. The first kappa shape index (κ1) is 19.0. The standard InChI is InChI=1S/C22H26N2O3/c1-27-20-11-9-17(10-12-20)21(25)13-14-22(26)24-15-5-8-19(16-24)23-18-6-3-2-4-7-18/h2-4,6-7,9-12,19,23H,5,8,13-16H2,1H3/t19-/m0/s1. The van der Waals surface area contributed by atoms with E-state index >= 15 is 0 Å². The van der Waals surface area contributed by atoms with E-state index in [-0.39, 0.29) is 30.6 Å². The van der Waals surface area contributed by atoms with Gasteiger partial charge in [0.2, 0.25) is 5.91 Å². The van der Waals surface area contributed by atoms with E-state index in [1.165, 1.54) is 0 Å². The van der Waals surface area contributed by atoms with Gasteiger partial charge in [0, 0.05) is 43.2 Å². The second-order valence-corrected chi connectivity index (χ2v) is 6.84. The molecular weight excluding hydrogens is 340 g/mol. The van der Waals surface area contributed by atoms with Gasteiger partial charge < -0.3 is 15.0 Å². The van der Waals surface area contributed by atoms with E-state index in [0.717, 1.165) is 25.1 Å². The molecule has 1 saturated heterocycles. The average Bonchev–Trinajstić information content (AvgIpc) is 2.72. The van der Waals surface area contributed by atoms with Gasteiger partial charge in [-0.3, -0.25) is 9.59 Å². The smallest absolute Gasteiger partial charge is 0.223 e. The number of Topliss-reactive ketones (excluding diaryl/α,β-unsaturated/α-hetero) is 1. The normalized spacial score (nSPS) is 16.6. The van der Waals surface area contributed by atoms with E-state index in [1.807, 2.05) is 35.2 Å². The summed E-state index contributed by atoms with van der Waals surface area (Å²) in [5.41, 5.74) is 1.69. The zero-order chi connectivity index (χ0) is 19.1. The summed E-state index contributed by atoms with van der Waals surface area (Å²) in [5.74, 6) is 0.756.